The van der Waals surface area contributed by atoms with E-state index in [0.29, 0.717) is 66.3 Å². The van der Waals surface area contributed by atoms with Crippen LogP contribution in [0.3, 0.4) is 0 Å². The summed E-state index contributed by atoms with van der Waals surface area (Å²) < 4.78 is 25.5. The molecular weight excluding hydrogens is 435 g/mol. The quantitative estimate of drug-likeness (QED) is 0.712. The Labute approximate surface area is 179 Å². The first-order valence-electron chi connectivity index (χ1n) is 9.31. The van der Waals surface area contributed by atoms with Gasteiger partial charge in [0.05, 0.1) is 21.5 Å². The molecule has 0 N–H and O–H groups in total. The van der Waals surface area contributed by atoms with Gasteiger partial charge in [0.2, 0.25) is 10.0 Å². The third-order valence-electron chi connectivity index (χ3n) is 5.16. The van der Waals surface area contributed by atoms with Crippen molar-refractivity contribution in [3.8, 4) is 0 Å². The van der Waals surface area contributed by atoms with E-state index in [-0.39, 0.29) is 11.7 Å². The van der Waals surface area contributed by atoms with Crippen LogP contribution in [0.4, 0.5) is 11.5 Å². The fraction of sp³-hybridized carbons (Fsp3) is 0.368. The summed E-state index contributed by atoms with van der Waals surface area (Å²) in [6.45, 7) is 2.80. The van der Waals surface area contributed by atoms with Gasteiger partial charge in [0.1, 0.15) is 5.82 Å². The Balaban J connectivity index is 1.41. The minimum atomic E-state index is -3.22. The van der Waals surface area contributed by atoms with Crippen LogP contribution in [-0.4, -0.2) is 62.7 Å². The van der Waals surface area contributed by atoms with Gasteiger partial charge in [-0.15, -0.1) is 0 Å². The van der Waals surface area contributed by atoms with Crippen LogP contribution in [0.15, 0.2) is 36.5 Å². The molecule has 2 saturated heterocycles. The van der Waals surface area contributed by atoms with E-state index in [1.165, 1.54) is 4.31 Å². The predicted molar refractivity (Wildman–Crippen MR) is 115 cm³/mol. The minimum Gasteiger partial charge on any atom is -0.352 e. The molecule has 29 heavy (non-hydrogen) atoms. The molecule has 2 aliphatic rings. The summed E-state index contributed by atoms with van der Waals surface area (Å²) in [6, 6.07) is 8.43. The maximum absolute atomic E-state index is 12.8. The number of halogens is 2. The molecule has 0 saturated carbocycles. The lowest BCUT2D eigenvalue weighted by atomic mass is 10.1. The third kappa shape index (κ3) is 4.15. The lowest BCUT2D eigenvalue weighted by molar-refractivity contribution is 0.0746. The SMILES string of the molecule is O=C(c1ccc(N2CCCS2(=O)=O)cc1)N1CCN(c2ncc(Cl)cc2Cl)CC1. The van der Waals surface area contributed by atoms with Crippen molar-refractivity contribution >= 4 is 50.6 Å². The smallest absolute Gasteiger partial charge is 0.253 e. The molecule has 1 amide bonds. The highest BCUT2D eigenvalue weighted by atomic mass is 35.5. The number of rotatable bonds is 3. The lowest BCUT2D eigenvalue weighted by Gasteiger charge is -2.35. The summed E-state index contributed by atoms with van der Waals surface area (Å²) in [4.78, 5) is 20.9. The van der Waals surface area contributed by atoms with Crippen molar-refractivity contribution in [3.63, 3.8) is 0 Å². The molecule has 2 aromatic rings. The highest BCUT2D eigenvalue weighted by molar-refractivity contribution is 7.93. The zero-order valence-corrected chi connectivity index (χ0v) is 17.9. The Morgan fingerprint density at radius 3 is 2.28 bits per heavy atom. The molecule has 4 rings (SSSR count). The second-order valence-electron chi connectivity index (χ2n) is 7.03. The molecule has 0 atom stereocenters. The van der Waals surface area contributed by atoms with E-state index in [1.807, 2.05) is 4.90 Å². The van der Waals surface area contributed by atoms with Crippen LogP contribution < -0.4 is 9.21 Å². The summed E-state index contributed by atoms with van der Waals surface area (Å²) in [7, 11) is -3.22. The second kappa shape index (κ2) is 8.01. The molecule has 0 radical (unpaired) electrons. The molecule has 0 unspecified atom stereocenters. The molecule has 154 valence electrons. The van der Waals surface area contributed by atoms with E-state index < -0.39 is 10.0 Å². The van der Waals surface area contributed by atoms with Gasteiger partial charge in [-0.05, 0) is 36.8 Å². The molecular formula is C19H20Cl2N4O3S. The zero-order valence-electron chi connectivity index (χ0n) is 15.6. The molecule has 3 heterocycles. The number of hydrogen-bond acceptors (Lipinski definition) is 5. The van der Waals surface area contributed by atoms with Gasteiger partial charge in [-0.3, -0.25) is 9.10 Å². The number of nitrogens with zero attached hydrogens (tertiary/aromatic N) is 4. The third-order valence-corrected chi connectivity index (χ3v) is 7.51. The lowest BCUT2D eigenvalue weighted by Crippen LogP contribution is -2.49. The Kier molecular flexibility index (Phi) is 5.59. The van der Waals surface area contributed by atoms with Gasteiger partial charge in [-0.2, -0.15) is 0 Å². The Bertz CT molecular complexity index is 1020. The number of carbonyl (C=O) groups is 1. The van der Waals surface area contributed by atoms with Crippen LogP contribution in [0.25, 0.3) is 0 Å². The predicted octanol–water partition coefficient (Wildman–Crippen LogP) is 2.89. The van der Waals surface area contributed by atoms with E-state index in [4.69, 9.17) is 23.2 Å². The molecule has 0 aliphatic carbocycles. The largest absolute Gasteiger partial charge is 0.352 e. The van der Waals surface area contributed by atoms with Gasteiger partial charge in [-0.1, -0.05) is 23.2 Å². The molecule has 2 aliphatic heterocycles. The first-order chi connectivity index (χ1) is 13.8. The molecule has 1 aromatic carbocycles. The number of anilines is 2. The van der Waals surface area contributed by atoms with Crippen molar-refractivity contribution in [1.29, 1.82) is 0 Å². The number of aromatic nitrogens is 1. The van der Waals surface area contributed by atoms with Crippen molar-refractivity contribution in [2.45, 2.75) is 6.42 Å². The van der Waals surface area contributed by atoms with Gasteiger partial charge in [-0.25, -0.2) is 13.4 Å². The van der Waals surface area contributed by atoms with E-state index in [9.17, 15) is 13.2 Å². The maximum atomic E-state index is 12.8. The average Bonchev–Trinajstić information content (AvgIpc) is 3.07. The highest BCUT2D eigenvalue weighted by Gasteiger charge is 2.29. The van der Waals surface area contributed by atoms with E-state index in [0.717, 1.165) is 0 Å². The van der Waals surface area contributed by atoms with Crippen LogP contribution in [0.2, 0.25) is 10.0 Å². The summed E-state index contributed by atoms with van der Waals surface area (Å²) in [5.41, 5.74) is 1.15. The fourth-order valence-corrected chi connectivity index (χ4v) is 5.71. The Morgan fingerprint density at radius 2 is 1.69 bits per heavy atom. The van der Waals surface area contributed by atoms with Crippen molar-refractivity contribution in [1.82, 2.24) is 9.88 Å². The number of carbonyl (C=O) groups excluding carboxylic acids is 1. The topological polar surface area (TPSA) is 73.8 Å². The van der Waals surface area contributed by atoms with Crippen LogP contribution >= 0.6 is 23.2 Å². The van der Waals surface area contributed by atoms with Gasteiger partial charge < -0.3 is 9.80 Å². The van der Waals surface area contributed by atoms with Crippen LogP contribution in [0.5, 0.6) is 0 Å². The molecule has 10 heteroatoms. The first kappa shape index (κ1) is 20.3. The average molecular weight is 455 g/mol. The fourth-order valence-electron chi connectivity index (χ4n) is 3.64. The van der Waals surface area contributed by atoms with E-state index >= 15 is 0 Å². The molecule has 7 nitrogen and oxygen atoms in total. The summed E-state index contributed by atoms with van der Waals surface area (Å²) >= 11 is 12.1. The summed E-state index contributed by atoms with van der Waals surface area (Å²) in [5, 5.41) is 0.975. The molecule has 0 spiro atoms. The first-order valence-corrected chi connectivity index (χ1v) is 11.7. The molecule has 1 aromatic heterocycles. The number of pyridine rings is 1. The molecule has 2 fully saturated rings. The number of benzene rings is 1. The molecule has 0 bridgehead atoms. The van der Waals surface area contributed by atoms with Crippen molar-refractivity contribution in [2.24, 2.45) is 0 Å². The van der Waals surface area contributed by atoms with Crippen LogP contribution in [0.1, 0.15) is 16.8 Å². The monoisotopic (exact) mass is 454 g/mol. The number of piperazine rings is 1. The zero-order chi connectivity index (χ0) is 20.6. The van der Waals surface area contributed by atoms with E-state index in [2.05, 4.69) is 4.98 Å². The normalized spacial score (nSPS) is 18.9. The summed E-state index contributed by atoms with van der Waals surface area (Å²) in [5.74, 6) is 0.764. The minimum absolute atomic E-state index is 0.0735. The Hall–Kier alpha value is -2.03. The summed E-state index contributed by atoms with van der Waals surface area (Å²) in [6.07, 6.45) is 2.18. The highest BCUT2D eigenvalue weighted by Crippen LogP contribution is 2.27. The number of sulfonamides is 1. The van der Waals surface area contributed by atoms with Gasteiger partial charge in [0.15, 0.2) is 0 Å². The number of amides is 1. The number of hydrogen-bond donors (Lipinski definition) is 0. The van der Waals surface area contributed by atoms with E-state index in [1.54, 1.807) is 41.4 Å². The van der Waals surface area contributed by atoms with Crippen LogP contribution in [-0.2, 0) is 10.0 Å². The second-order valence-corrected chi connectivity index (χ2v) is 9.88. The maximum Gasteiger partial charge on any atom is 0.253 e. The Morgan fingerprint density at radius 1 is 1.00 bits per heavy atom. The van der Waals surface area contributed by atoms with Gasteiger partial charge in [0, 0.05) is 44.5 Å². The van der Waals surface area contributed by atoms with Crippen LogP contribution in [0, 0.1) is 0 Å². The van der Waals surface area contributed by atoms with Crippen molar-refractivity contribution in [2.75, 3.05) is 47.7 Å². The van der Waals surface area contributed by atoms with Gasteiger partial charge in [0.25, 0.3) is 5.91 Å². The van der Waals surface area contributed by atoms with Crippen molar-refractivity contribution in [3.05, 3.63) is 52.1 Å². The van der Waals surface area contributed by atoms with Crippen molar-refractivity contribution < 1.29 is 13.2 Å². The standard InChI is InChI=1S/C19H20Cl2N4O3S/c20-15-12-17(21)18(22-13-15)23-7-9-24(10-8-23)19(26)14-2-4-16(5-3-14)25-6-1-11-29(25,27)28/h2-5,12-13H,1,6-11H2. The van der Waals surface area contributed by atoms with Gasteiger partial charge >= 0.3 is 0 Å².